The normalized spacial score (nSPS) is 21.2. The Morgan fingerprint density at radius 2 is 1.81 bits per heavy atom. The van der Waals surface area contributed by atoms with Crippen molar-refractivity contribution >= 4 is 40.2 Å². The number of anilines is 1. The van der Waals surface area contributed by atoms with Crippen molar-refractivity contribution in [1.29, 1.82) is 0 Å². The Labute approximate surface area is 303 Å². The molecule has 53 heavy (non-hydrogen) atoms. The highest BCUT2D eigenvalue weighted by Gasteiger charge is 2.46. The summed E-state index contributed by atoms with van der Waals surface area (Å²) >= 11 is 0. The Hall–Kier alpha value is -5.25. The molecule has 2 aliphatic rings. The second-order valence-corrected chi connectivity index (χ2v) is 14.3. The first-order chi connectivity index (χ1) is 25.0. The molecule has 0 unspecified atom stereocenters. The number of nitrogens with one attached hydrogen (secondary N) is 2. The number of pyridine rings is 1. The second-order valence-electron chi connectivity index (χ2n) is 14.3. The number of carbonyl (C=O) groups is 4. The van der Waals surface area contributed by atoms with Crippen LogP contribution in [0.15, 0.2) is 42.7 Å². The first-order valence-corrected chi connectivity index (χ1v) is 17.4. The smallest absolute Gasteiger partial charge is 0.377 e. The second kappa shape index (κ2) is 14.6. The Balaban J connectivity index is 1.35. The molecule has 280 valence electrons. The highest BCUT2D eigenvalue weighted by Crippen LogP contribution is 2.34. The maximum absolute atomic E-state index is 14.3. The summed E-state index contributed by atoms with van der Waals surface area (Å²) in [5.74, 6) is -1.84. The number of hydrogen-bond donors (Lipinski definition) is 2. The van der Waals surface area contributed by atoms with Gasteiger partial charge in [0, 0.05) is 60.4 Å². The molecule has 0 saturated carbocycles. The predicted octanol–water partition coefficient (Wildman–Crippen LogP) is 5.12. The van der Waals surface area contributed by atoms with E-state index in [0.717, 1.165) is 17.2 Å². The first-order valence-electron chi connectivity index (χ1n) is 17.4. The lowest BCUT2D eigenvalue weighted by molar-refractivity contribution is -0.141. The van der Waals surface area contributed by atoms with Crippen LogP contribution in [0.5, 0.6) is 0 Å². The minimum atomic E-state index is -4.77. The predicted molar refractivity (Wildman–Crippen MR) is 187 cm³/mol. The van der Waals surface area contributed by atoms with Crippen molar-refractivity contribution in [2.75, 3.05) is 18.5 Å². The summed E-state index contributed by atoms with van der Waals surface area (Å²) in [6.45, 7) is 8.44. The van der Waals surface area contributed by atoms with Gasteiger partial charge in [0.1, 0.15) is 35.6 Å². The summed E-state index contributed by atoms with van der Waals surface area (Å²) in [6.07, 6.45) is -0.317. The van der Waals surface area contributed by atoms with Gasteiger partial charge in [0.15, 0.2) is 5.78 Å². The third kappa shape index (κ3) is 7.92. The molecule has 3 atom stereocenters. The number of Topliss-reactive ketones (excluding diaryl/α,β-unsaturated/α-hetero) is 1. The summed E-state index contributed by atoms with van der Waals surface area (Å²) in [5, 5.41) is 10.6. The maximum atomic E-state index is 14.3. The lowest BCUT2D eigenvalue weighted by Gasteiger charge is -2.29. The Bertz CT molecular complexity index is 2060. The van der Waals surface area contributed by atoms with Crippen LogP contribution >= 0.6 is 0 Å². The van der Waals surface area contributed by atoms with E-state index in [0.29, 0.717) is 29.6 Å². The molecule has 13 nitrogen and oxygen atoms in total. The number of halogens is 3. The fourth-order valence-corrected chi connectivity index (χ4v) is 6.93. The molecular weight excluding hydrogens is 693 g/mol. The van der Waals surface area contributed by atoms with Crippen molar-refractivity contribution < 1.29 is 37.1 Å². The number of ketones is 1. The Kier molecular flexibility index (Phi) is 10.4. The van der Waals surface area contributed by atoms with E-state index in [9.17, 15) is 32.3 Å². The van der Waals surface area contributed by atoms with Crippen molar-refractivity contribution in [2.24, 2.45) is 11.3 Å². The van der Waals surface area contributed by atoms with Crippen LogP contribution in [0.25, 0.3) is 22.0 Å². The highest BCUT2D eigenvalue weighted by atomic mass is 19.4. The number of rotatable bonds is 4. The van der Waals surface area contributed by atoms with Gasteiger partial charge in [0.05, 0.1) is 12.1 Å². The lowest BCUT2D eigenvalue weighted by Crippen LogP contribution is -2.48. The third-order valence-electron chi connectivity index (χ3n) is 10.1. The van der Waals surface area contributed by atoms with E-state index in [1.165, 1.54) is 22.6 Å². The van der Waals surface area contributed by atoms with Crippen LogP contribution in [-0.4, -0.2) is 78.4 Å². The number of likely N-dealkylation sites (tertiary alicyclic amines) is 1. The van der Waals surface area contributed by atoms with Gasteiger partial charge in [0.25, 0.3) is 0 Å². The number of amides is 3. The van der Waals surface area contributed by atoms with Crippen LogP contribution in [-0.2, 0) is 38.4 Å². The van der Waals surface area contributed by atoms with Crippen molar-refractivity contribution in [3.8, 4) is 11.1 Å². The van der Waals surface area contributed by atoms with Gasteiger partial charge in [-0.2, -0.15) is 18.3 Å². The van der Waals surface area contributed by atoms with Crippen molar-refractivity contribution in [2.45, 2.75) is 85.3 Å². The lowest BCUT2D eigenvalue weighted by atomic mass is 9.86. The number of aryl methyl sites for hydroxylation is 1. The van der Waals surface area contributed by atoms with Gasteiger partial charge in [-0.05, 0) is 62.8 Å². The molecule has 3 aromatic heterocycles. The number of benzene rings is 1. The highest BCUT2D eigenvalue weighted by molar-refractivity contribution is 6.06. The summed E-state index contributed by atoms with van der Waals surface area (Å²) < 4.78 is 48.3. The minimum Gasteiger partial charge on any atom is -0.377 e. The molecule has 0 radical (unpaired) electrons. The number of aromatic nitrogens is 5. The number of carbonyl (C=O) groups excluding carboxylic acids is 4. The van der Waals surface area contributed by atoms with Crippen LogP contribution in [0.2, 0.25) is 0 Å². The molecule has 2 bridgehead atoms. The Morgan fingerprint density at radius 1 is 1.08 bits per heavy atom. The molecule has 0 aliphatic carbocycles. The summed E-state index contributed by atoms with van der Waals surface area (Å²) in [4.78, 5) is 68.0. The van der Waals surface area contributed by atoms with E-state index in [1.807, 2.05) is 13.8 Å². The van der Waals surface area contributed by atoms with Crippen LogP contribution < -0.4 is 10.6 Å². The quantitative estimate of drug-likeness (QED) is 0.272. The van der Waals surface area contributed by atoms with Gasteiger partial charge < -0.3 is 20.3 Å². The van der Waals surface area contributed by atoms with E-state index in [4.69, 9.17) is 4.74 Å². The van der Waals surface area contributed by atoms with Gasteiger partial charge in [0.2, 0.25) is 17.7 Å². The number of nitrogens with zero attached hydrogens (tertiary/aromatic N) is 6. The van der Waals surface area contributed by atoms with Crippen LogP contribution in [0.3, 0.4) is 0 Å². The van der Waals surface area contributed by atoms with Gasteiger partial charge in [-0.25, -0.2) is 15.0 Å². The third-order valence-corrected chi connectivity index (χ3v) is 10.1. The zero-order chi connectivity index (χ0) is 38.2. The van der Waals surface area contributed by atoms with Gasteiger partial charge in [-0.3, -0.25) is 23.9 Å². The van der Waals surface area contributed by atoms with Crippen molar-refractivity contribution in [3.05, 3.63) is 65.5 Å². The summed E-state index contributed by atoms with van der Waals surface area (Å²) in [5.41, 5.74) is 0.409. The van der Waals surface area contributed by atoms with E-state index in [2.05, 4.69) is 30.7 Å². The zero-order valence-corrected chi connectivity index (χ0v) is 30.1. The molecule has 1 saturated heterocycles. The first kappa shape index (κ1) is 37.5. The van der Waals surface area contributed by atoms with Gasteiger partial charge in [-0.15, -0.1) is 0 Å². The van der Waals surface area contributed by atoms with Gasteiger partial charge in [-0.1, -0.05) is 26.0 Å². The largest absolute Gasteiger partial charge is 0.433 e. The summed E-state index contributed by atoms with van der Waals surface area (Å²) in [7, 11) is 0. The zero-order valence-electron chi connectivity index (χ0n) is 30.1. The fraction of sp³-hybridized carbons (Fsp3) is 0.459. The number of hydrogen-bond acceptors (Lipinski definition) is 9. The molecule has 5 heterocycles. The number of fused-ring (bicyclic) bond motifs is 4. The fourth-order valence-electron chi connectivity index (χ4n) is 6.93. The summed E-state index contributed by atoms with van der Waals surface area (Å²) in [6, 6.07) is 5.66. The van der Waals surface area contributed by atoms with Crippen LogP contribution in [0.1, 0.15) is 74.5 Å². The minimum absolute atomic E-state index is 0.116. The molecule has 1 fully saturated rings. The van der Waals surface area contributed by atoms with E-state index < -0.39 is 41.2 Å². The molecule has 4 aromatic rings. The maximum Gasteiger partial charge on any atom is 0.433 e. The molecule has 0 spiro atoms. The molecule has 2 N–H and O–H groups in total. The number of alkyl halides is 3. The van der Waals surface area contributed by atoms with Gasteiger partial charge >= 0.3 is 6.18 Å². The molecule has 16 heteroatoms. The molecular formula is C37H41F3N8O5. The van der Waals surface area contributed by atoms with E-state index in [-0.39, 0.29) is 67.4 Å². The van der Waals surface area contributed by atoms with E-state index >= 15 is 0 Å². The molecule has 3 amide bonds. The monoisotopic (exact) mass is 734 g/mol. The molecule has 1 aromatic carbocycles. The van der Waals surface area contributed by atoms with Crippen LogP contribution in [0.4, 0.5) is 19.0 Å². The average molecular weight is 735 g/mol. The van der Waals surface area contributed by atoms with Crippen LogP contribution in [0, 0.1) is 18.3 Å². The van der Waals surface area contributed by atoms with E-state index in [1.54, 1.807) is 44.4 Å². The molecule has 6 rings (SSSR count). The van der Waals surface area contributed by atoms with Crippen molar-refractivity contribution in [1.82, 2.24) is 34.9 Å². The Morgan fingerprint density at radius 3 is 2.51 bits per heavy atom. The number of ether oxygens (including phenoxy) is 1. The topological polar surface area (TPSA) is 161 Å². The molecule has 2 aliphatic heterocycles. The SMILES string of the molecule is CC(=O)c1nn(CC(=O)N2[C@H](C)[C@H]3CNC(=O)C(C)(C)CCCOCc4ccc(C(F)(F)F)nc4NC(=O)[C@@H]2C3)c2ccc(-c3cnc(C)nc3)cc12. The van der Waals surface area contributed by atoms with Crippen molar-refractivity contribution in [3.63, 3.8) is 0 Å². The standard InChI is InChI=1S/C37H41F3N8O5/c1-20-25-14-29(34(51)45-33-24(8-10-30(44-33)37(38,39)40)19-53-12-6-11-36(4,5)35(52)43-15-25)48(20)31(50)18-47-28-9-7-23(26-16-41-22(3)42-17-26)13-27(28)32(46-47)21(2)49/h7-10,13,16-17,20,25,29H,6,11-12,14-15,18-19H2,1-5H3,(H,43,52)(H,44,45,51)/t20-,25-,29+/m1/s1. The average Bonchev–Trinajstić information content (AvgIpc) is 3.63.